The molecule has 0 saturated carbocycles. The van der Waals surface area contributed by atoms with Crippen LogP contribution in [0.4, 0.5) is 5.69 Å². The second-order valence-corrected chi connectivity index (χ2v) is 5.83. The van der Waals surface area contributed by atoms with Crippen LogP contribution in [-0.4, -0.2) is 17.6 Å². The minimum absolute atomic E-state index is 0.170. The maximum absolute atomic E-state index is 10.8. The molecule has 18 heavy (non-hydrogen) atoms. The van der Waals surface area contributed by atoms with Crippen molar-refractivity contribution in [2.75, 3.05) is 11.9 Å². The van der Waals surface area contributed by atoms with Crippen LogP contribution in [0.5, 0.6) is 0 Å². The Morgan fingerprint density at radius 2 is 1.94 bits per heavy atom. The number of hydrogen-bond donors (Lipinski definition) is 2. The number of hydrogen-bond acceptors (Lipinski definition) is 2. The number of para-hydroxylation sites is 1. The van der Waals surface area contributed by atoms with Crippen molar-refractivity contribution in [3.05, 3.63) is 29.8 Å². The van der Waals surface area contributed by atoms with Crippen LogP contribution in [0.15, 0.2) is 24.3 Å². The predicted molar refractivity (Wildman–Crippen MR) is 75.1 cm³/mol. The molecule has 0 heterocycles. The molecular formula is C15H23NO2. The van der Waals surface area contributed by atoms with E-state index in [1.807, 2.05) is 32.0 Å². The lowest BCUT2D eigenvalue weighted by Crippen LogP contribution is -2.26. The molecule has 0 aliphatic rings. The molecule has 0 radical (unpaired) electrons. The molecule has 0 aromatic heterocycles. The first-order valence-electron chi connectivity index (χ1n) is 6.36. The Morgan fingerprint density at radius 1 is 1.33 bits per heavy atom. The van der Waals surface area contributed by atoms with Crippen molar-refractivity contribution in [3.8, 4) is 0 Å². The maximum atomic E-state index is 10.8. The summed E-state index contributed by atoms with van der Waals surface area (Å²) in [6, 6.07) is 8.19. The van der Waals surface area contributed by atoms with Gasteiger partial charge in [0.15, 0.2) is 0 Å². The molecule has 0 aliphatic carbocycles. The second kappa shape index (κ2) is 5.89. The summed E-state index contributed by atoms with van der Waals surface area (Å²) in [5.74, 6) is -0.296. The Labute approximate surface area is 109 Å². The zero-order valence-electron chi connectivity index (χ0n) is 11.7. The van der Waals surface area contributed by atoms with Gasteiger partial charge in [-0.1, -0.05) is 45.9 Å². The van der Waals surface area contributed by atoms with Crippen LogP contribution < -0.4 is 5.32 Å². The van der Waals surface area contributed by atoms with Crippen molar-refractivity contribution in [2.24, 2.45) is 5.41 Å². The van der Waals surface area contributed by atoms with Crippen LogP contribution in [-0.2, 0) is 4.79 Å². The third kappa shape index (κ3) is 4.40. The first-order valence-corrected chi connectivity index (χ1v) is 6.36. The van der Waals surface area contributed by atoms with Gasteiger partial charge in [-0.2, -0.15) is 0 Å². The summed E-state index contributed by atoms with van der Waals surface area (Å²) in [6.45, 7) is 8.90. The van der Waals surface area contributed by atoms with Gasteiger partial charge in [0.05, 0.1) is 6.42 Å². The molecule has 0 amide bonds. The Morgan fingerprint density at radius 3 is 2.50 bits per heavy atom. The van der Waals surface area contributed by atoms with Crippen LogP contribution in [0.25, 0.3) is 0 Å². The Hall–Kier alpha value is -1.51. The van der Waals surface area contributed by atoms with Gasteiger partial charge in [-0.3, -0.25) is 4.79 Å². The zero-order valence-corrected chi connectivity index (χ0v) is 11.7. The summed E-state index contributed by atoms with van der Waals surface area (Å²) >= 11 is 0. The second-order valence-electron chi connectivity index (χ2n) is 5.83. The average Bonchev–Trinajstić information content (AvgIpc) is 2.25. The first kappa shape index (κ1) is 14.6. The molecule has 0 unspecified atom stereocenters. The number of aliphatic carboxylic acids is 1. The molecule has 100 valence electrons. The van der Waals surface area contributed by atoms with E-state index in [2.05, 4.69) is 25.2 Å². The molecule has 3 nitrogen and oxygen atoms in total. The van der Waals surface area contributed by atoms with Gasteiger partial charge in [-0.05, 0) is 23.0 Å². The van der Waals surface area contributed by atoms with Crippen LogP contribution in [0.1, 0.15) is 45.6 Å². The maximum Gasteiger partial charge on any atom is 0.303 e. The van der Waals surface area contributed by atoms with E-state index in [1.165, 1.54) is 5.56 Å². The number of carbonyl (C=O) groups is 1. The molecular weight excluding hydrogens is 226 g/mol. The van der Waals surface area contributed by atoms with Crippen molar-refractivity contribution >= 4 is 11.7 Å². The van der Waals surface area contributed by atoms with E-state index in [9.17, 15) is 4.79 Å². The highest BCUT2D eigenvalue weighted by Gasteiger charge is 2.21. The van der Waals surface area contributed by atoms with Crippen LogP contribution in [0.3, 0.4) is 0 Å². The monoisotopic (exact) mass is 249 g/mol. The highest BCUT2D eigenvalue weighted by atomic mass is 16.4. The topological polar surface area (TPSA) is 49.3 Å². The average molecular weight is 249 g/mol. The largest absolute Gasteiger partial charge is 0.481 e. The summed E-state index contributed by atoms with van der Waals surface area (Å²) in [6.07, 6.45) is 0.170. The minimum atomic E-state index is -0.751. The third-order valence-corrected chi connectivity index (χ3v) is 2.97. The quantitative estimate of drug-likeness (QED) is 0.807. The molecule has 0 saturated heterocycles. The number of carboxylic acids is 1. The molecule has 0 spiro atoms. The van der Waals surface area contributed by atoms with Gasteiger partial charge in [0.25, 0.3) is 0 Å². The van der Waals surface area contributed by atoms with Crippen LogP contribution in [0.2, 0.25) is 0 Å². The van der Waals surface area contributed by atoms with Gasteiger partial charge >= 0.3 is 5.97 Å². The molecule has 1 aromatic carbocycles. The minimum Gasteiger partial charge on any atom is -0.481 e. The van der Waals surface area contributed by atoms with Crippen LogP contribution in [0, 0.1) is 5.41 Å². The summed E-state index contributed by atoms with van der Waals surface area (Å²) in [4.78, 5) is 10.8. The van der Waals surface area contributed by atoms with Gasteiger partial charge in [-0.25, -0.2) is 0 Å². The number of carboxylic acid groups (broad SMARTS) is 1. The van der Waals surface area contributed by atoms with Gasteiger partial charge < -0.3 is 10.4 Å². The van der Waals surface area contributed by atoms with E-state index in [1.54, 1.807) is 0 Å². The molecule has 0 atom stereocenters. The van der Waals surface area contributed by atoms with Gasteiger partial charge in [0.1, 0.15) is 0 Å². The Kier molecular flexibility index (Phi) is 4.76. The highest BCUT2D eigenvalue weighted by molar-refractivity contribution is 5.67. The molecule has 1 rings (SSSR count). The van der Waals surface area contributed by atoms with E-state index >= 15 is 0 Å². The number of benzene rings is 1. The van der Waals surface area contributed by atoms with Crippen molar-refractivity contribution in [1.82, 2.24) is 0 Å². The first-order chi connectivity index (χ1) is 8.32. The van der Waals surface area contributed by atoms with Crippen molar-refractivity contribution in [1.29, 1.82) is 0 Å². The van der Waals surface area contributed by atoms with Crippen LogP contribution >= 0.6 is 0 Å². The molecule has 0 aliphatic heterocycles. The summed E-state index contributed by atoms with van der Waals surface area (Å²) in [5, 5.41) is 12.2. The van der Waals surface area contributed by atoms with Gasteiger partial charge in [0, 0.05) is 12.2 Å². The Balaban J connectivity index is 2.71. The van der Waals surface area contributed by atoms with Crippen molar-refractivity contribution in [3.63, 3.8) is 0 Å². The SMILES string of the molecule is CC(C)c1ccccc1NCC(C)(C)CC(=O)O. The van der Waals surface area contributed by atoms with E-state index in [4.69, 9.17) is 5.11 Å². The standard InChI is InChI=1S/C15H23NO2/c1-11(2)12-7-5-6-8-13(12)16-10-15(3,4)9-14(17)18/h5-8,11,16H,9-10H2,1-4H3,(H,17,18). The third-order valence-electron chi connectivity index (χ3n) is 2.97. The van der Waals surface area contributed by atoms with Gasteiger partial charge in [-0.15, -0.1) is 0 Å². The zero-order chi connectivity index (χ0) is 13.8. The molecule has 2 N–H and O–H groups in total. The fraction of sp³-hybridized carbons (Fsp3) is 0.533. The van der Waals surface area contributed by atoms with E-state index in [0.29, 0.717) is 12.5 Å². The fourth-order valence-corrected chi connectivity index (χ4v) is 1.97. The lowest BCUT2D eigenvalue weighted by molar-refractivity contribution is -0.139. The highest BCUT2D eigenvalue weighted by Crippen LogP contribution is 2.26. The number of rotatable bonds is 6. The van der Waals surface area contributed by atoms with E-state index in [-0.39, 0.29) is 11.8 Å². The summed E-state index contributed by atoms with van der Waals surface area (Å²) < 4.78 is 0. The lowest BCUT2D eigenvalue weighted by atomic mass is 9.89. The summed E-state index contributed by atoms with van der Waals surface area (Å²) in [7, 11) is 0. The van der Waals surface area contributed by atoms with E-state index < -0.39 is 5.97 Å². The molecule has 0 bridgehead atoms. The lowest BCUT2D eigenvalue weighted by Gasteiger charge is -2.25. The van der Waals surface area contributed by atoms with Gasteiger partial charge in [0.2, 0.25) is 0 Å². The number of nitrogens with one attached hydrogen (secondary N) is 1. The van der Waals surface area contributed by atoms with Crippen molar-refractivity contribution in [2.45, 2.75) is 40.0 Å². The van der Waals surface area contributed by atoms with Crippen molar-refractivity contribution < 1.29 is 9.90 Å². The fourth-order valence-electron chi connectivity index (χ4n) is 1.97. The smallest absolute Gasteiger partial charge is 0.303 e. The summed E-state index contributed by atoms with van der Waals surface area (Å²) in [5.41, 5.74) is 2.12. The molecule has 1 aromatic rings. The molecule has 0 fully saturated rings. The number of anilines is 1. The Bertz CT molecular complexity index is 411. The molecule has 3 heteroatoms. The van der Waals surface area contributed by atoms with E-state index in [0.717, 1.165) is 5.69 Å². The normalized spacial score (nSPS) is 11.6. The predicted octanol–water partition coefficient (Wildman–Crippen LogP) is 3.72.